The number of aromatic nitrogens is 2. The van der Waals surface area contributed by atoms with Gasteiger partial charge < -0.3 is 4.40 Å². The Bertz CT molecular complexity index is 678. The molecule has 0 N–H and O–H groups in total. The third kappa shape index (κ3) is 1.80. The third-order valence-corrected chi connectivity index (χ3v) is 3.41. The van der Waals surface area contributed by atoms with Crippen LogP contribution in [0.4, 0.5) is 0 Å². The first kappa shape index (κ1) is 11.0. The van der Waals surface area contributed by atoms with Gasteiger partial charge in [0.15, 0.2) is 0 Å². The zero-order chi connectivity index (χ0) is 12.5. The molecular weight excluding hydrogens is 220 g/mol. The highest BCUT2D eigenvalue weighted by Crippen LogP contribution is 2.21. The summed E-state index contributed by atoms with van der Waals surface area (Å²) in [6.07, 6.45) is 5.14. The van der Waals surface area contributed by atoms with Crippen molar-refractivity contribution in [3.63, 3.8) is 0 Å². The lowest BCUT2D eigenvalue weighted by atomic mass is 10.0. The van der Waals surface area contributed by atoms with E-state index in [4.69, 9.17) is 0 Å². The second kappa shape index (κ2) is 4.30. The molecule has 0 aliphatic carbocycles. The molecule has 18 heavy (non-hydrogen) atoms. The summed E-state index contributed by atoms with van der Waals surface area (Å²) in [5, 5.41) is 0. The quantitative estimate of drug-likeness (QED) is 0.660. The lowest BCUT2D eigenvalue weighted by Crippen LogP contribution is -1.89. The van der Waals surface area contributed by atoms with Crippen molar-refractivity contribution in [3.05, 3.63) is 60.2 Å². The van der Waals surface area contributed by atoms with Gasteiger partial charge in [0.05, 0.1) is 11.7 Å². The molecule has 0 amide bonds. The van der Waals surface area contributed by atoms with Crippen molar-refractivity contribution < 1.29 is 0 Å². The number of benzene rings is 1. The summed E-state index contributed by atoms with van der Waals surface area (Å²) in [4.78, 5) is 4.32. The largest absolute Gasteiger partial charge is 0.303 e. The molecule has 2 heteroatoms. The molecule has 2 nitrogen and oxygen atoms in total. The van der Waals surface area contributed by atoms with Crippen molar-refractivity contribution in [3.8, 4) is 11.1 Å². The fourth-order valence-corrected chi connectivity index (χ4v) is 2.22. The summed E-state index contributed by atoms with van der Waals surface area (Å²) in [6.45, 7) is 4.20. The van der Waals surface area contributed by atoms with Gasteiger partial charge in [0.1, 0.15) is 5.82 Å². The Morgan fingerprint density at radius 1 is 1.00 bits per heavy atom. The number of hydrogen-bond acceptors (Lipinski definition) is 1. The highest BCUT2D eigenvalue weighted by Gasteiger charge is 2.02. The van der Waals surface area contributed by atoms with Crippen LogP contribution in [0.25, 0.3) is 16.6 Å². The van der Waals surface area contributed by atoms with Crippen LogP contribution in [0.15, 0.2) is 48.8 Å². The van der Waals surface area contributed by atoms with Crippen molar-refractivity contribution in [2.75, 3.05) is 0 Å². The van der Waals surface area contributed by atoms with Crippen LogP contribution < -0.4 is 0 Å². The predicted octanol–water partition coefficient (Wildman–Crippen LogP) is 3.87. The number of rotatable bonds is 2. The maximum atomic E-state index is 4.32. The second-order valence-corrected chi connectivity index (χ2v) is 4.57. The molecule has 3 aromatic rings. The smallest absolute Gasteiger partial charge is 0.110 e. The van der Waals surface area contributed by atoms with Gasteiger partial charge in [-0.3, -0.25) is 0 Å². The Morgan fingerprint density at radius 2 is 1.72 bits per heavy atom. The van der Waals surface area contributed by atoms with Gasteiger partial charge in [-0.15, -0.1) is 0 Å². The Kier molecular flexibility index (Phi) is 2.63. The lowest BCUT2D eigenvalue weighted by molar-refractivity contribution is 1.05. The van der Waals surface area contributed by atoms with Crippen molar-refractivity contribution in [2.24, 2.45) is 0 Å². The Morgan fingerprint density at radius 3 is 2.44 bits per heavy atom. The van der Waals surface area contributed by atoms with E-state index in [1.165, 1.54) is 16.7 Å². The van der Waals surface area contributed by atoms with E-state index in [0.29, 0.717) is 0 Å². The summed E-state index contributed by atoms with van der Waals surface area (Å²) in [5.74, 6) is 1.03. The van der Waals surface area contributed by atoms with Crippen LogP contribution >= 0.6 is 0 Å². The summed E-state index contributed by atoms with van der Waals surface area (Å²) in [6, 6.07) is 13.0. The first-order valence-corrected chi connectivity index (χ1v) is 6.31. The predicted molar refractivity (Wildman–Crippen MR) is 74.7 cm³/mol. The van der Waals surface area contributed by atoms with E-state index in [9.17, 15) is 0 Å². The standard InChI is InChI=1S/C16H16N2/c1-3-13-4-6-14(7-5-13)15-8-9-16-10-17-12(2)18(16)11-15/h4-11H,3H2,1-2H3. The molecule has 0 atom stereocenters. The zero-order valence-electron chi connectivity index (χ0n) is 10.7. The Labute approximate surface area is 107 Å². The number of pyridine rings is 1. The average molecular weight is 236 g/mol. The molecule has 2 heterocycles. The Hall–Kier alpha value is -2.09. The first-order chi connectivity index (χ1) is 8.78. The number of imidazole rings is 1. The molecule has 2 aromatic heterocycles. The second-order valence-electron chi connectivity index (χ2n) is 4.57. The highest BCUT2D eigenvalue weighted by molar-refractivity contribution is 5.65. The SMILES string of the molecule is CCc1ccc(-c2ccc3cnc(C)n3c2)cc1. The van der Waals surface area contributed by atoms with Gasteiger partial charge in [0, 0.05) is 6.20 Å². The molecule has 3 rings (SSSR count). The molecule has 0 saturated heterocycles. The lowest BCUT2D eigenvalue weighted by Gasteiger charge is -2.05. The molecule has 0 aliphatic heterocycles. The van der Waals surface area contributed by atoms with E-state index in [1.807, 2.05) is 13.1 Å². The summed E-state index contributed by atoms with van der Waals surface area (Å²) in [7, 11) is 0. The third-order valence-electron chi connectivity index (χ3n) is 3.41. The first-order valence-electron chi connectivity index (χ1n) is 6.31. The van der Waals surface area contributed by atoms with Crippen LogP contribution in [0.2, 0.25) is 0 Å². The van der Waals surface area contributed by atoms with Crippen molar-refractivity contribution >= 4 is 5.52 Å². The minimum atomic E-state index is 1.03. The monoisotopic (exact) mass is 236 g/mol. The van der Waals surface area contributed by atoms with Crippen molar-refractivity contribution in [1.29, 1.82) is 0 Å². The van der Waals surface area contributed by atoms with E-state index >= 15 is 0 Å². The molecule has 0 unspecified atom stereocenters. The molecule has 90 valence electrons. The fourth-order valence-electron chi connectivity index (χ4n) is 2.22. The minimum Gasteiger partial charge on any atom is -0.303 e. The van der Waals surface area contributed by atoms with Crippen LogP contribution in [0, 0.1) is 6.92 Å². The van der Waals surface area contributed by atoms with Gasteiger partial charge in [-0.2, -0.15) is 0 Å². The van der Waals surface area contributed by atoms with Crippen LogP contribution in [0.1, 0.15) is 18.3 Å². The number of nitrogens with zero attached hydrogens (tertiary/aromatic N) is 2. The summed E-state index contributed by atoms with van der Waals surface area (Å²) >= 11 is 0. The number of hydrogen-bond donors (Lipinski definition) is 0. The van der Waals surface area contributed by atoms with E-state index in [2.05, 4.69) is 58.9 Å². The maximum Gasteiger partial charge on any atom is 0.110 e. The molecule has 0 fully saturated rings. The van der Waals surface area contributed by atoms with Gasteiger partial charge in [0.2, 0.25) is 0 Å². The van der Waals surface area contributed by atoms with Gasteiger partial charge in [-0.25, -0.2) is 4.98 Å². The summed E-state index contributed by atoms with van der Waals surface area (Å²) < 4.78 is 2.13. The van der Waals surface area contributed by atoms with Crippen LogP contribution in [0.5, 0.6) is 0 Å². The summed E-state index contributed by atoms with van der Waals surface area (Å²) in [5.41, 5.74) is 4.99. The molecule has 0 spiro atoms. The molecule has 1 aromatic carbocycles. The maximum absolute atomic E-state index is 4.32. The van der Waals surface area contributed by atoms with Gasteiger partial charge in [-0.1, -0.05) is 37.3 Å². The van der Waals surface area contributed by atoms with Gasteiger partial charge in [-0.05, 0) is 36.1 Å². The van der Waals surface area contributed by atoms with E-state index < -0.39 is 0 Å². The molecule has 0 saturated carbocycles. The molecule has 0 aliphatic rings. The number of fused-ring (bicyclic) bond motifs is 1. The van der Waals surface area contributed by atoms with E-state index in [0.717, 1.165) is 17.8 Å². The molecule has 0 bridgehead atoms. The fraction of sp³-hybridized carbons (Fsp3) is 0.188. The molecule has 0 radical (unpaired) electrons. The van der Waals surface area contributed by atoms with Crippen LogP contribution in [0.3, 0.4) is 0 Å². The topological polar surface area (TPSA) is 17.3 Å². The van der Waals surface area contributed by atoms with E-state index in [-0.39, 0.29) is 0 Å². The normalized spacial score (nSPS) is 11.0. The van der Waals surface area contributed by atoms with Crippen LogP contribution in [-0.2, 0) is 6.42 Å². The minimum absolute atomic E-state index is 1.03. The van der Waals surface area contributed by atoms with Gasteiger partial charge >= 0.3 is 0 Å². The number of aryl methyl sites for hydroxylation is 2. The highest BCUT2D eigenvalue weighted by atomic mass is 15.0. The average Bonchev–Trinajstić information content (AvgIpc) is 2.80. The zero-order valence-corrected chi connectivity index (χ0v) is 10.7. The molecular formula is C16H16N2. The van der Waals surface area contributed by atoms with Gasteiger partial charge in [0.25, 0.3) is 0 Å². The van der Waals surface area contributed by atoms with Crippen LogP contribution in [-0.4, -0.2) is 9.38 Å². The Balaban J connectivity index is 2.09. The van der Waals surface area contributed by atoms with Crippen molar-refractivity contribution in [1.82, 2.24) is 9.38 Å². The van der Waals surface area contributed by atoms with E-state index in [1.54, 1.807) is 0 Å². The van der Waals surface area contributed by atoms with Crippen molar-refractivity contribution in [2.45, 2.75) is 20.3 Å².